The van der Waals surface area contributed by atoms with E-state index in [1.807, 2.05) is 12.1 Å². The zero-order valence-corrected chi connectivity index (χ0v) is 10.2. The normalized spacial score (nSPS) is 21.8. The van der Waals surface area contributed by atoms with Crippen LogP contribution in [0.25, 0.3) is 0 Å². The number of piperazine rings is 1. The molecule has 1 aromatic carbocycles. The van der Waals surface area contributed by atoms with E-state index in [4.69, 9.17) is 5.73 Å². The predicted octanol–water partition coefficient (Wildman–Crippen LogP) is 1.23. The van der Waals surface area contributed by atoms with Crippen LogP contribution in [0.5, 0.6) is 0 Å². The first-order valence-corrected chi connectivity index (χ1v) is 6.56. The van der Waals surface area contributed by atoms with Gasteiger partial charge in [0.2, 0.25) is 0 Å². The van der Waals surface area contributed by atoms with Gasteiger partial charge in [-0.15, -0.1) is 0 Å². The molecule has 1 aromatic rings. The summed E-state index contributed by atoms with van der Waals surface area (Å²) < 4.78 is 0. The van der Waals surface area contributed by atoms with Crippen molar-refractivity contribution in [3.63, 3.8) is 0 Å². The fourth-order valence-electron chi connectivity index (χ4n) is 2.70. The lowest BCUT2D eigenvalue weighted by Crippen LogP contribution is -2.47. The molecular weight excluding hydrogens is 210 g/mol. The average Bonchev–Trinajstić information content (AvgIpc) is 3.23. The first kappa shape index (κ1) is 11.1. The number of hydrogen-bond acceptors (Lipinski definition) is 3. The third-order valence-corrected chi connectivity index (χ3v) is 3.86. The number of rotatable bonds is 3. The summed E-state index contributed by atoms with van der Waals surface area (Å²) in [6.07, 6.45) is 2.82. The first-order valence-electron chi connectivity index (χ1n) is 6.56. The van der Waals surface area contributed by atoms with Crippen LogP contribution in [0.1, 0.15) is 18.4 Å². The van der Waals surface area contributed by atoms with Crippen LogP contribution in [0, 0.1) is 6.07 Å². The summed E-state index contributed by atoms with van der Waals surface area (Å²) in [6, 6.07) is 10.2. The summed E-state index contributed by atoms with van der Waals surface area (Å²) in [6.45, 7) is 5.27. The van der Waals surface area contributed by atoms with Gasteiger partial charge in [0, 0.05) is 44.5 Å². The van der Waals surface area contributed by atoms with Crippen molar-refractivity contribution in [2.75, 3.05) is 31.1 Å². The van der Waals surface area contributed by atoms with E-state index in [-0.39, 0.29) is 0 Å². The van der Waals surface area contributed by atoms with Crippen molar-refractivity contribution >= 4 is 5.69 Å². The topological polar surface area (TPSA) is 32.5 Å². The molecule has 1 saturated carbocycles. The highest BCUT2D eigenvalue weighted by Gasteiger charge is 2.31. The predicted molar refractivity (Wildman–Crippen MR) is 70.0 cm³/mol. The van der Waals surface area contributed by atoms with Gasteiger partial charge in [0.05, 0.1) is 0 Å². The maximum Gasteiger partial charge on any atom is 0.0413 e. The molecule has 3 nitrogen and oxygen atoms in total. The minimum Gasteiger partial charge on any atom is -0.369 e. The summed E-state index contributed by atoms with van der Waals surface area (Å²) in [7, 11) is 0. The molecule has 0 aromatic heterocycles. The maximum atomic E-state index is 5.79. The molecule has 0 unspecified atom stereocenters. The van der Waals surface area contributed by atoms with Gasteiger partial charge in [0.15, 0.2) is 0 Å². The van der Waals surface area contributed by atoms with Gasteiger partial charge in [0.25, 0.3) is 0 Å². The van der Waals surface area contributed by atoms with Crippen LogP contribution < -0.4 is 10.6 Å². The largest absolute Gasteiger partial charge is 0.369 e. The van der Waals surface area contributed by atoms with Crippen LogP contribution in [0.4, 0.5) is 5.69 Å². The molecule has 2 aliphatic rings. The summed E-state index contributed by atoms with van der Waals surface area (Å²) >= 11 is 0. The molecule has 2 fully saturated rings. The van der Waals surface area contributed by atoms with Gasteiger partial charge in [-0.1, -0.05) is 6.07 Å². The van der Waals surface area contributed by atoms with Crippen molar-refractivity contribution in [3.05, 3.63) is 29.8 Å². The van der Waals surface area contributed by atoms with Crippen LogP contribution in [0.2, 0.25) is 0 Å². The highest BCUT2D eigenvalue weighted by atomic mass is 15.3. The van der Waals surface area contributed by atoms with Gasteiger partial charge >= 0.3 is 0 Å². The van der Waals surface area contributed by atoms with E-state index in [1.165, 1.54) is 37.2 Å². The van der Waals surface area contributed by atoms with Crippen molar-refractivity contribution < 1.29 is 0 Å². The van der Waals surface area contributed by atoms with Crippen LogP contribution in [0.15, 0.2) is 18.2 Å². The molecule has 3 heteroatoms. The van der Waals surface area contributed by atoms with E-state index in [2.05, 4.69) is 21.9 Å². The molecule has 1 radical (unpaired) electrons. The van der Waals surface area contributed by atoms with Crippen LogP contribution in [-0.2, 0) is 6.54 Å². The molecule has 0 bridgehead atoms. The molecule has 1 aliphatic carbocycles. The third kappa shape index (κ3) is 2.31. The molecule has 1 heterocycles. The number of hydrogen-bond donors (Lipinski definition) is 1. The molecule has 0 amide bonds. The molecule has 2 N–H and O–H groups in total. The fourth-order valence-corrected chi connectivity index (χ4v) is 2.70. The number of anilines is 1. The van der Waals surface area contributed by atoms with E-state index in [1.54, 1.807) is 0 Å². The van der Waals surface area contributed by atoms with Crippen molar-refractivity contribution in [3.8, 4) is 0 Å². The maximum absolute atomic E-state index is 5.79. The fraction of sp³-hybridized carbons (Fsp3) is 0.571. The SMILES string of the molecule is NCc1c[c]ccc1N1CCN(C2CC2)CC1. The Morgan fingerprint density at radius 2 is 2.00 bits per heavy atom. The molecule has 1 saturated heterocycles. The quantitative estimate of drug-likeness (QED) is 0.847. The van der Waals surface area contributed by atoms with Crippen molar-refractivity contribution in [1.82, 2.24) is 4.90 Å². The van der Waals surface area contributed by atoms with Crippen LogP contribution in [0.3, 0.4) is 0 Å². The smallest absolute Gasteiger partial charge is 0.0413 e. The zero-order valence-electron chi connectivity index (χ0n) is 10.2. The number of nitrogens with two attached hydrogens (primary N) is 1. The average molecular weight is 230 g/mol. The van der Waals surface area contributed by atoms with Gasteiger partial charge in [-0.05, 0) is 36.6 Å². The lowest BCUT2D eigenvalue weighted by molar-refractivity contribution is 0.248. The summed E-state index contributed by atoms with van der Waals surface area (Å²) in [5.74, 6) is 0. The summed E-state index contributed by atoms with van der Waals surface area (Å²) in [5.41, 5.74) is 8.31. The standard InChI is InChI=1S/C14H20N3/c15-11-12-3-1-2-4-14(12)17-9-7-16(8-10-17)13-5-6-13/h2-4,13H,5-11,15H2. The minimum atomic E-state index is 0.607. The molecule has 91 valence electrons. The summed E-state index contributed by atoms with van der Waals surface area (Å²) in [5, 5.41) is 0. The van der Waals surface area contributed by atoms with E-state index >= 15 is 0 Å². The second-order valence-electron chi connectivity index (χ2n) is 5.01. The number of nitrogens with zero attached hydrogens (tertiary/aromatic N) is 2. The van der Waals surface area contributed by atoms with E-state index in [0.29, 0.717) is 6.54 Å². The van der Waals surface area contributed by atoms with Crippen LogP contribution >= 0.6 is 0 Å². The van der Waals surface area contributed by atoms with E-state index in [9.17, 15) is 0 Å². The first-order chi connectivity index (χ1) is 8.38. The van der Waals surface area contributed by atoms with Gasteiger partial charge in [0.1, 0.15) is 0 Å². The van der Waals surface area contributed by atoms with Crippen LogP contribution in [-0.4, -0.2) is 37.1 Å². The molecule has 1 aliphatic heterocycles. The molecule has 0 spiro atoms. The Labute approximate surface area is 103 Å². The van der Waals surface area contributed by atoms with Gasteiger partial charge in [-0.3, -0.25) is 4.90 Å². The lowest BCUT2D eigenvalue weighted by Gasteiger charge is -2.37. The monoisotopic (exact) mass is 230 g/mol. The van der Waals surface area contributed by atoms with Gasteiger partial charge in [-0.2, -0.15) is 0 Å². The Morgan fingerprint density at radius 3 is 2.65 bits per heavy atom. The molecular formula is C14H20N3. The number of benzene rings is 1. The molecule has 17 heavy (non-hydrogen) atoms. The molecule has 3 rings (SSSR count). The van der Waals surface area contributed by atoms with Crippen molar-refractivity contribution in [2.24, 2.45) is 5.73 Å². The Morgan fingerprint density at radius 1 is 1.24 bits per heavy atom. The zero-order chi connectivity index (χ0) is 11.7. The summed E-state index contributed by atoms with van der Waals surface area (Å²) in [4.78, 5) is 5.10. The van der Waals surface area contributed by atoms with E-state index < -0.39 is 0 Å². The van der Waals surface area contributed by atoms with E-state index in [0.717, 1.165) is 19.1 Å². The minimum absolute atomic E-state index is 0.607. The Balaban J connectivity index is 1.68. The highest BCUT2D eigenvalue weighted by molar-refractivity contribution is 5.53. The molecule has 0 atom stereocenters. The third-order valence-electron chi connectivity index (χ3n) is 3.86. The van der Waals surface area contributed by atoms with Gasteiger partial charge in [-0.25, -0.2) is 0 Å². The van der Waals surface area contributed by atoms with Gasteiger partial charge < -0.3 is 10.6 Å². The Kier molecular flexibility index (Phi) is 3.04. The van der Waals surface area contributed by atoms with Crippen molar-refractivity contribution in [1.29, 1.82) is 0 Å². The lowest BCUT2D eigenvalue weighted by atomic mass is 10.1. The second-order valence-corrected chi connectivity index (χ2v) is 5.01. The Hall–Kier alpha value is -1.06. The van der Waals surface area contributed by atoms with Crippen molar-refractivity contribution in [2.45, 2.75) is 25.4 Å². The second kappa shape index (κ2) is 4.67. The highest BCUT2D eigenvalue weighted by Crippen LogP contribution is 2.29. The Bertz CT molecular complexity index is 379.